The molecule has 5 heteroatoms. The van der Waals surface area contributed by atoms with Crippen LogP contribution in [-0.2, 0) is 6.54 Å². The summed E-state index contributed by atoms with van der Waals surface area (Å²) in [6.45, 7) is 0.945. The molecule has 0 spiro atoms. The molecule has 2 N–H and O–H groups in total. The van der Waals surface area contributed by atoms with Gasteiger partial charge < -0.3 is 15.0 Å². The van der Waals surface area contributed by atoms with E-state index in [4.69, 9.17) is 10.5 Å². The van der Waals surface area contributed by atoms with Gasteiger partial charge in [-0.2, -0.15) is 11.8 Å². The number of nitrogen functional groups attached to an aromatic ring is 1. The third kappa shape index (κ3) is 2.52. The molecule has 19 heavy (non-hydrogen) atoms. The van der Waals surface area contributed by atoms with Crippen LogP contribution in [0.5, 0.6) is 5.75 Å². The summed E-state index contributed by atoms with van der Waals surface area (Å²) in [5.74, 6) is 2.72. The van der Waals surface area contributed by atoms with E-state index in [1.54, 1.807) is 7.11 Å². The fourth-order valence-corrected chi connectivity index (χ4v) is 3.89. The molecule has 0 saturated carbocycles. The Balaban J connectivity index is 1.94. The van der Waals surface area contributed by atoms with Crippen LogP contribution in [0.1, 0.15) is 19.3 Å². The zero-order valence-corrected chi connectivity index (χ0v) is 11.9. The van der Waals surface area contributed by atoms with Crippen molar-refractivity contribution in [3.05, 3.63) is 18.2 Å². The molecule has 1 saturated heterocycles. The zero-order chi connectivity index (χ0) is 13.2. The van der Waals surface area contributed by atoms with Gasteiger partial charge in [-0.3, -0.25) is 0 Å². The lowest BCUT2D eigenvalue weighted by atomic mass is 10.2. The minimum absolute atomic E-state index is 0.606. The van der Waals surface area contributed by atoms with Crippen molar-refractivity contribution in [2.24, 2.45) is 0 Å². The average molecular weight is 277 g/mol. The zero-order valence-electron chi connectivity index (χ0n) is 11.1. The van der Waals surface area contributed by atoms with E-state index in [1.807, 2.05) is 18.2 Å². The van der Waals surface area contributed by atoms with E-state index in [9.17, 15) is 0 Å². The van der Waals surface area contributed by atoms with Gasteiger partial charge in [-0.1, -0.05) is 6.42 Å². The van der Waals surface area contributed by atoms with Crippen molar-refractivity contribution >= 4 is 28.7 Å². The number of nitrogens with two attached hydrogens (primary N) is 1. The van der Waals surface area contributed by atoms with Gasteiger partial charge in [0, 0.05) is 17.9 Å². The normalized spacial score (nSPS) is 19.7. The smallest absolute Gasteiger partial charge is 0.201 e. The van der Waals surface area contributed by atoms with Crippen LogP contribution in [0.3, 0.4) is 0 Å². The summed E-state index contributed by atoms with van der Waals surface area (Å²) in [4.78, 5) is 4.43. The van der Waals surface area contributed by atoms with Gasteiger partial charge in [0.25, 0.3) is 0 Å². The Morgan fingerprint density at radius 1 is 1.47 bits per heavy atom. The second kappa shape index (κ2) is 5.33. The Kier molecular flexibility index (Phi) is 3.55. The summed E-state index contributed by atoms with van der Waals surface area (Å²) in [6.07, 6.45) is 3.94. The molecule has 1 aromatic heterocycles. The molecule has 1 atom stereocenters. The molecule has 1 fully saturated rings. The van der Waals surface area contributed by atoms with Crippen molar-refractivity contribution in [2.45, 2.75) is 31.1 Å². The van der Waals surface area contributed by atoms with Crippen LogP contribution in [0, 0.1) is 0 Å². The Morgan fingerprint density at radius 3 is 3.11 bits per heavy atom. The molecule has 0 aliphatic carbocycles. The molecular formula is C14H19N3OS. The molecule has 0 amide bonds. The number of ether oxygens (including phenoxy) is 1. The van der Waals surface area contributed by atoms with Crippen LogP contribution in [0.25, 0.3) is 11.0 Å². The van der Waals surface area contributed by atoms with E-state index in [2.05, 4.69) is 21.3 Å². The molecular weight excluding hydrogens is 258 g/mol. The van der Waals surface area contributed by atoms with E-state index in [1.165, 1.54) is 25.0 Å². The fraction of sp³-hybridized carbons (Fsp3) is 0.500. The first-order valence-electron chi connectivity index (χ1n) is 6.69. The first-order valence-corrected chi connectivity index (χ1v) is 7.74. The molecule has 1 unspecified atom stereocenters. The lowest BCUT2D eigenvalue weighted by Gasteiger charge is -2.22. The van der Waals surface area contributed by atoms with Crippen LogP contribution in [0.4, 0.5) is 5.95 Å². The summed E-state index contributed by atoms with van der Waals surface area (Å²) in [5.41, 5.74) is 8.08. The lowest BCUT2D eigenvalue weighted by molar-refractivity contribution is 0.415. The monoisotopic (exact) mass is 277 g/mol. The predicted octanol–water partition coefficient (Wildman–Crippen LogP) is 2.91. The maximum atomic E-state index is 6.06. The number of thioether (sulfide) groups is 1. The number of imidazole rings is 1. The van der Waals surface area contributed by atoms with Crippen molar-refractivity contribution in [1.29, 1.82) is 0 Å². The molecule has 1 aliphatic rings. The maximum absolute atomic E-state index is 6.06. The van der Waals surface area contributed by atoms with Crippen LogP contribution in [-0.4, -0.2) is 27.7 Å². The molecule has 0 radical (unpaired) electrons. The highest BCUT2D eigenvalue weighted by Gasteiger charge is 2.17. The van der Waals surface area contributed by atoms with Gasteiger partial charge in [-0.05, 0) is 30.7 Å². The number of anilines is 1. The van der Waals surface area contributed by atoms with Gasteiger partial charge in [-0.15, -0.1) is 0 Å². The van der Waals surface area contributed by atoms with E-state index < -0.39 is 0 Å². The van der Waals surface area contributed by atoms with Gasteiger partial charge in [0.15, 0.2) is 0 Å². The molecule has 1 aromatic carbocycles. The highest BCUT2D eigenvalue weighted by Crippen LogP contribution is 2.29. The van der Waals surface area contributed by atoms with Crippen molar-refractivity contribution in [3.8, 4) is 5.75 Å². The molecule has 2 heterocycles. The molecule has 4 nitrogen and oxygen atoms in total. The van der Waals surface area contributed by atoms with Gasteiger partial charge in [0.2, 0.25) is 5.95 Å². The first-order chi connectivity index (χ1) is 9.28. The SMILES string of the molecule is COc1ccc2nc(N)n(CC3CCCCS3)c2c1. The van der Waals surface area contributed by atoms with Crippen molar-refractivity contribution in [2.75, 3.05) is 18.6 Å². The van der Waals surface area contributed by atoms with Crippen LogP contribution >= 0.6 is 11.8 Å². The van der Waals surface area contributed by atoms with Crippen LogP contribution in [0.15, 0.2) is 18.2 Å². The third-order valence-corrected chi connectivity index (χ3v) is 5.03. The summed E-state index contributed by atoms with van der Waals surface area (Å²) in [7, 11) is 1.68. The van der Waals surface area contributed by atoms with E-state index in [0.717, 1.165) is 23.3 Å². The number of methoxy groups -OCH3 is 1. The van der Waals surface area contributed by atoms with E-state index >= 15 is 0 Å². The lowest BCUT2D eigenvalue weighted by Crippen LogP contribution is -2.18. The number of rotatable bonds is 3. The molecule has 2 aromatic rings. The van der Waals surface area contributed by atoms with Gasteiger partial charge in [-0.25, -0.2) is 4.98 Å². The Bertz CT molecular complexity index is 575. The number of nitrogens with zero attached hydrogens (tertiary/aromatic N) is 2. The van der Waals surface area contributed by atoms with Crippen molar-refractivity contribution in [1.82, 2.24) is 9.55 Å². The topological polar surface area (TPSA) is 53.1 Å². The number of hydrogen-bond donors (Lipinski definition) is 1. The Hall–Kier alpha value is -1.36. The molecule has 102 valence electrons. The molecule has 1 aliphatic heterocycles. The van der Waals surface area contributed by atoms with Crippen LogP contribution < -0.4 is 10.5 Å². The molecule has 0 bridgehead atoms. The Morgan fingerprint density at radius 2 is 2.37 bits per heavy atom. The third-order valence-electron chi connectivity index (χ3n) is 3.65. The fourth-order valence-electron chi connectivity index (χ4n) is 2.60. The van der Waals surface area contributed by atoms with E-state index in [-0.39, 0.29) is 0 Å². The van der Waals surface area contributed by atoms with Crippen molar-refractivity contribution < 1.29 is 4.74 Å². The van der Waals surface area contributed by atoms with Crippen molar-refractivity contribution in [3.63, 3.8) is 0 Å². The van der Waals surface area contributed by atoms with Crippen LogP contribution in [0.2, 0.25) is 0 Å². The second-order valence-electron chi connectivity index (χ2n) is 4.92. The van der Waals surface area contributed by atoms with Gasteiger partial charge in [0.1, 0.15) is 5.75 Å². The van der Waals surface area contributed by atoms with Gasteiger partial charge in [0.05, 0.1) is 18.1 Å². The summed E-state index contributed by atoms with van der Waals surface area (Å²) in [5, 5.41) is 0.652. The minimum Gasteiger partial charge on any atom is -0.497 e. The largest absolute Gasteiger partial charge is 0.497 e. The van der Waals surface area contributed by atoms with Gasteiger partial charge >= 0.3 is 0 Å². The standard InChI is InChI=1S/C14H19N3OS/c1-18-10-5-6-12-13(8-10)17(14(15)16-12)9-11-4-2-3-7-19-11/h5-6,8,11H,2-4,7,9H2,1H3,(H2,15,16). The molecule has 3 rings (SSSR count). The highest BCUT2D eigenvalue weighted by atomic mass is 32.2. The second-order valence-corrected chi connectivity index (χ2v) is 6.33. The Labute approximate surface area is 117 Å². The van der Waals surface area contributed by atoms with E-state index in [0.29, 0.717) is 11.2 Å². The minimum atomic E-state index is 0.606. The summed E-state index contributed by atoms with van der Waals surface area (Å²) >= 11 is 2.05. The quantitative estimate of drug-likeness (QED) is 0.937. The summed E-state index contributed by atoms with van der Waals surface area (Å²) < 4.78 is 7.42. The highest BCUT2D eigenvalue weighted by molar-refractivity contribution is 7.99. The predicted molar refractivity (Wildman–Crippen MR) is 80.8 cm³/mol. The first kappa shape index (κ1) is 12.7. The number of hydrogen-bond acceptors (Lipinski definition) is 4. The number of aromatic nitrogens is 2. The maximum Gasteiger partial charge on any atom is 0.201 e. The number of fused-ring (bicyclic) bond motifs is 1. The number of benzene rings is 1. The average Bonchev–Trinajstić information content (AvgIpc) is 2.76. The summed E-state index contributed by atoms with van der Waals surface area (Å²) in [6, 6.07) is 5.91.